The summed E-state index contributed by atoms with van der Waals surface area (Å²) in [5.41, 5.74) is 0. The van der Waals surface area contributed by atoms with Crippen molar-refractivity contribution in [3.63, 3.8) is 0 Å². The minimum absolute atomic E-state index is 0.0573. The van der Waals surface area contributed by atoms with E-state index in [0.717, 1.165) is 0 Å². The van der Waals surface area contributed by atoms with Crippen LogP contribution in [0, 0.1) is 0 Å². The number of carboxylic acid groups (broad SMARTS) is 1. The van der Waals surface area contributed by atoms with Gasteiger partial charge in [-0.05, 0) is 6.92 Å². The summed E-state index contributed by atoms with van der Waals surface area (Å²) < 4.78 is 4.77. The molecule has 0 saturated heterocycles. The average Bonchev–Trinajstić information content (AvgIpc) is 1.84. The molecule has 0 aliphatic rings. The van der Waals surface area contributed by atoms with Crippen LogP contribution < -0.4 is 0 Å². The number of ether oxygens (including phenoxy) is 1. The van der Waals surface area contributed by atoms with Crippen molar-refractivity contribution in [2.75, 3.05) is 7.11 Å². The number of hydrogen-bond acceptors (Lipinski definition) is 3. The Kier molecular flexibility index (Phi) is 4.45. The summed E-state index contributed by atoms with van der Waals surface area (Å²) in [6.45, 7) is 1.41. The van der Waals surface area contributed by atoms with Gasteiger partial charge in [-0.3, -0.25) is 9.59 Å². The van der Waals surface area contributed by atoms with E-state index in [1.807, 2.05) is 0 Å². The molecule has 0 unspecified atom stereocenters. The summed E-state index contributed by atoms with van der Waals surface area (Å²) in [5.74, 6) is -1.00. The molecule has 0 saturated carbocycles. The number of hydrogen-bond donors (Lipinski definition) is 1. The molecule has 4 heteroatoms. The van der Waals surface area contributed by atoms with Crippen LogP contribution in [0.5, 0.6) is 0 Å². The number of carbonyl (C=O) groups is 2. The number of carboxylic acids is 1. The zero-order valence-electron chi connectivity index (χ0n) is 6.66. The molecule has 0 rings (SSSR count). The molecule has 1 N–H and O–H groups in total. The Labute approximate surface area is 65.2 Å². The molecular formula is C7H12O4. The Balaban J connectivity index is 3.76. The number of ketones is 1. The SMILES string of the molecule is CO[C@H](CC(C)=O)CC(=O)O. The van der Waals surface area contributed by atoms with Crippen LogP contribution in [0.3, 0.4) is 0 Å². The second kappa shape index (κ2) is 4.85. The molecule has 0 amide bonds. The highest BCUT2D eigenvalue weighted by molar-refractivity contribution is 5.77. The molecule has 0 spiro atoms. The zero-order valence-corrected chi connectivity index (χ0v) is 6.66. The van der Waals surface area contributed by atoms with Crippen LogP contribution in [0.15, 0.2) is 0 Å². The van der Waals surface area contributed by atoms with Gasteiger partial charge in [-0.2, -0.15) is 0 Å². The van der Waals surface area contributed by atoms with E-state index in [2.05, 4.69) is 0 Å². The quantitative estimate of drug-likeness (QED) is 0.634. The van der Waals surface area contributed by atoms with Crippen LogP contribution >= 0.6 is 0 Å². The van der Waals surface area contributed by atoms with Gasteiger partial charge in [0.25, 0.3) is 0 Å². The number of Topliss-reactive ketones (excluding diaryl/α,β-unsaturated/α-hetero) is 1. The zero-order chi connectivity index (χ0) is 8.85. The first-order chi connectivity index (χ1) is 5.06. The highest BCUT2D eigenvalue weighted by Gasteiger charge is 2.13. The molecule has 0 heterocycles. The third kappa shape index (κ3) is 5.54. The van der Waals surface area contributed by atoms with E-state index < -0.39 is 12.1 Å². The summed E-state index contributed by atoms with van der Waals surface area (Å²) >= 11 is 0. The standard InChI is InChI=1S/C7H12O4/c1-5(8)3-6(11-2)4-7(9)10/h6H,3-4H2,1-2H3,(H,9,10)/t6-/m1/s1. The minimum Gasteiger partial charge on any atom is -0.481 e. The van der Waals surface area contributed by atoms with Gasteiger partial charge >= 0.3 is 5.97 Å². The van der Waals surface area contributed by atoms with Crippen LogP contribution in [0.1, 0.15) is 19.8 Å². The van der Waals surface area contributed by atoms with Crippen molar-refractivity contribution in [3.8, 4) is 0 Å². The lowest BCUT2D eigenvalue weighted by molar-refractivity contribution is -0.140. The fraction of sp³-hybridized carbons (Fsp3) is 0.714. The molecule has 1 atom stereocenters. The Morgan fingerprint density at radius 3 is 2.27 bits per heavy atom. The number of aliphatic carboxylic acids is 1. The van der Waals surface area contributed by atoms with Gasteiger partial charge in [-0.1, -0.05) is 0 Å². The van der Waals surface area contributed by atoms with Crippen LogP contribution in [0.2, 0.25) is 0 Å². The van der Waals surface area contributed by atoms with Crippen molar-refractivity contribution in [1.82, 2.24) is 0 Å². The topological polar surface area (TPSA) is 63.6 Å². The van der Waals surface area contributed by atoms with Crippen molar-refractivity contribution < 1.29 is 19.4 Å². The minimum atomic E-state index is -0.946. The van der Waals surface area contributed by atoms with E-state index >= 15 is 0 Å². The lowest BCUT2D eigenvalue weighted by Gasteiger charge is -2.09. The maximum Gasteiger partial charge on any atom is 0.305 e. The number of carbonyl (C=O) groups excluding carboxylic acids is 1. The van der Waals surface area contributed by atoms with Gasteiger partial charge in [0.15, 0.2) is 0 Å². The third-order valence-electron chi connectivity index (χ3n) is 1.25. The van der Waals surface area contributed by atoms with Crippen molar-refractivity contribution in [2.45, 2.75) is 25.9 Å². The predicted octanol–water partition coefficient (Wildman–Crippen LogP) is 0.455. The normalized spacial score (nSPS) is 12.5. The van der Waals surface area contributed by atoms with Crippen molar-refractivity contribution >= 4 is 11.8 Å². The Bertz CT molecular complexity index is 137. The van der Waals surface area contributed by atoms with E-state index in [1.54, 1.807) is 0 Å². The van der Waals surface area contributed by atoms with Crippen molar-refractivity contribution in [1.29, 1.82) is 0 Å². The summed E-state index contributed by atoms with van der Waals surface area (Å²) in [6, 6.07) is 0. The molecule has 0 aromatic carbocycles. The molecule has 11 heavy (non-hydrogen) atoms. The first-order valence-electron chi connectivity index (χ1n) is 3.30. The monoisotopic (exact) mass is 160 g/mol. The van der Waals surface area contributed by atoms with Crippen LogP contribution in [0.4, 0.5) is 0 Å². The molecule has 0 aromatic rings. The van der Waals surface area contributed by atoms with Crippen LogP contribution in [-0.4, -0.2) is 30.1 Å². The Hall–Kier alpha value is -0.900. The molecular weight excluding hydrogens is 148 g/mol. The second-order valence-corrected chi connectivity index (χ2v) is 2.36. The van der Waals surface area contributed by atoms with Gasteiger partial charge in [0.2, 0.25) is 0 Å². The summed E-state index contributed by atoms with van der Waals surface area (Å²) in [7, 11) is 1.40. The maximum absolute atomic E-state index is 10.5. The largest absolute Gasteiger partial charge is 0.481 e. The number of rotatable bonds is 5. The lowest BCUT2D eigenvalue weighted by atomic mass is 10.1. The van der Waals surface area contributed by atoms with E-state index in [0.29, 0.717) is 0 Å². The molecule has 0 aliphatic heterocycles. The molecule has 0 bridgehead atoms. The molecule has 0 aromatic heterocycles. The summed E-state index contributed by atoms with van der Waals surface area (Å²) in [5, 5.41) is 8.34. The average molecular weight is 160 g/mol. The first-order valence-corrected chi connectivity index (χ1v) is 3.30. The molecule has 0 aliphatic carbocycles. The summed E-state index contributed by atoms with van der Waals surface area (Å²) in [6.07, 6.45) is -0.427. The second-order valence-electron chi connectivity index (χ2n) is 2.36. The Morgan fingerprint density at radius 1 is 1.45 bits per heavy atom. The van der Waals surface area contributed by atoms with Gasteiger partial charge in [0.1, 0.15) is 5.78 Å². The molecule has 0 fully saturated rings. The van der Waals surface area contributed by atoms with Gasteiger partial charge in [0, 0.05) is 13.5 Å². The molecule has 4 nitrogen and oxygen atoms in total. The maximum atomic E-state index is 10.5. The van der Waals surface area contributed by atoms with E-state index in [4.69, 9.17) is 9.84 Å². The van der Waals surface area contributed by atoms with Gasteiger partial charge in [-0.25, -0.2) is 0 Å². The van der Waals surface area contributed by atoms with Gasteiger partial charge in [0.05, 0.1) is 12.5 Å². The number of methoxy groups -OCH3 is 1. The molecule has 0 radical (unpaired) electrons. The van der Waals surface area contributed by atoms with E-state index in [-0.39, 0.29) is 18.6 Å². The van der Waals surface area contributed by atoms with Gasteiger partial charge < -0.3 is 9.84 Å². The summed E-state index contributed by atoms with van der Waals surface area (Å²) in [4.78, 5) is 20.7. The fourth-order valence-corrected chi connectivity index (χ4v) is 0.754. The van der Waals surface area contributed by atoms with Crippen molar-refractivity contribution in [2.24, 2.45) is 0 Å². The third-order valence-corrected chi connectivity index (χ3v) is 1.25. The van der Waals surface area contributed by atoms with Crippen LogP contribution in [0.25, 0.3) is 0 Å². The molecule has 64 valence electrons. The predicted molar refractivity (Wildman–Crippen MR) is 38.3 cm³/mol. The van der Waals surface area contributed by atoms with E-state index in [1.165, 1.54) is 14.0 Å². The van der Waals surface area contributed by atoms with E-state index in [9.17, 15) is 9.59 Å². The van der Waals surface area contributed by atoms with Gasteiger partial charge in [-0.15, -0.1) is 0 Å². The first kappa shape index (κ1) is 10.1. The highest BCUT2D eigenvalue weighted by atomic mass is 16.5. The fourth-order valence-electron chi connectivity index (χ4n) is 0.754. The highest BCUT2D eigenvalue weighted by Crippen LogP contribution is 2.02. The van der Waals surface area contributed by atoms with Crippen LogP contribution in [-0.2, 0) is 14.3 Å². The smallest absolute Gasteiger partial charge is 0.305 e. The Morgan fingerprint density at radius 2 is 2.00 bits per heavy atom. The lowest BCUT2D eigenvalue weighted by Crippen LogP contribution is -2.18. The van der Waals surface area contributed by atoms with Crippen molar-refractivity contribution in [3.05, 3.63) is 0 Å².